The molecule has 1 saturated heterocycles. The number of fused-ring (bicyclic) bond motifs is 1. The number of ketones is 1. The molecule has 156 valence electrons. The van der Waals surface area contributed by atoms with E-state index in [-0.39, 0.29) is 5.78 Å². The number of carbonyl (C=O) groups is 1. The Morgan fingerprint density at radius 3 is 2.35 bits per heavy atom. The van der Waals surface area contributed by atoms with Crippen LogP contribution in [0.2, 0.25) is 0 Å². The van der Waals surface area contributed by atoms with Gasteiger partial charge in [0.1, 0.15) is 5.69 Å². The van der Waals surface area contributed by atoms with Crippen LogP contribution in [0.4, 0.5) is 5.69 Å². The maximum absolute atomic E-state index is 12.3. The van der Waals surface area contributed by atoms with E-state index in [1.54, 1.807) is 6.92 Å². The second-order valence-electron chi connectivity index (χ2n) is 7.79. The van der Waals surface area contributed by atoms with E-state index in [0.717, 1.165) is 54.2 Å². The molecule has 1 aliphatic rings. The predicted molar refractivity (Wildman–Crippen MR) is 122 cm³/mol. The first-order valence-corrected chi connectivity index (χ1v) is 10.5. The number of para-hydroxylation sites is 1. The molecule has 0 spiro atoms. The zero-order chi connectivity index (χ0) is 21.4. The van der Waals surface area contributed by atoms with Crippen molar-refractivity contribution in [1.82, 2.24) is 14.8 Å². The van der Waals surface area contributed by atoms with E-state index in [0.29, 0.717) is 11.3 Å². The largest absolute Gasteiger partial charge is 0.378 e. The first-order valence-electron chi connectivity index (χ1n) is 10.5. The Morgan fingerprint density at radius 2 is 1.68 bits per heavy atom. The second kappa shape index (κ2) is 7.96. The van der Waals surface area contributed by atoms with E-state index in [4.69, 9.17) is 9.84 Å². The summed E-state index contributed by atoms with van der Waals surface area (Å²) in [6, 6.07) is 20.3. The van der Waals surface area contributed by atoms with Crippen LogP contribution in [0.1, 0.15) is 23.1 Å². The van der Waals surface area contributed by atoms with Crippen LogP contribution >= 0.6 is 0 Å². The zero-order valence-electron chi connectivity index (χ0n) is 17.7. The molecule has 3 heterocycles. The molecule has 0 unspecified atom stereocenters. The van der Waals surface area contributed by atoms with Crippen molar-refractivity contribution < 1.29 is 9.53 Å². The summed E-state index contributed by atoms with van der Waals surface area (Å²) < 4.78 is 7.28. The summed E-state index contributed by atoms with van der Waals surface area (Å²) in [6.07, 6.45) is 0. The van der Waals surface area contributed by atoms with Gasteiger partial charge in [0, 0.05) is 25.7 Å². The van der Waals surface area contributed by atoms with E-state index < -0.39 is 0 Å². The molecular weight excluding hydrogens is 388 g/mol. The third-order valence-corrected chi connectivity index (χ3v) is 5.73. The van der Waals surface area contributed by atoms with Gasteiger partial charge >= 0.3 is 0 Å². The Labute approximate surface area is 181 Å². The number of morpholine rings is 1. The number of anilines is 1. The van der Waals surface area contributed by atoms with E-state index in [1.807, 2.05) is 48.0 Å². The molecule has 4 aromatic rings. The fourth-order valence-corrected chi connectivity index (χ4v) is 4.12. The van der Waals surface area contributed by atoms with E-state index in [2.05, 4.69) is 34.1 Å². The number of pyridine rings is 1. The molecule has 0 bridgehead atoms. The van der Waals surface area contributed by atoms with Gasteiger partial charge in [-0.25, -0.2) is 9.67 Å². The maximum Gasteiger partial charge on any atom is 0.178 e. The fourth-order valence-electron chi connectivity index (χ4n) is 4.12. The monoisotopic (exact) mass is 412 g/mol. The van der Waals surface area contributed by atoms with Gasteiger partial charge in [0.25, 0.3) is 0 Å². The van der Waals surface area contributed by atoms with Gasteiger partial charge in [-0.05, 0) is 48.4 Å². The Bertz CT molecular complexity index is 1240. The molecule has 31 heavy (non-hydrogen) atoms. The molecule has 6 nitrogen and oxygen atoms in total. The van der Waals surface area contributed by atoms with Gasteiger partial charge in [0.15, 0.2) is 11.4 Å². The minimum Gasteiger partial charge on any atom is -0.378 e. The third kappa shape index (κ3) is 3.59. The van der Waals surface area contributed by atoms with Crippen molar-refractivity contribution in [1.29, 1.82) is 0 Å². The van der Waals surface area contributed by atoms with Gasteiger partial charge < -0.3 is 9.64 Å². The van der Waals surface area contributed by atoms with Crippen LogP contribution in [0.15, 0.2) is 60.7 Å². The van der Waals surface area contributed by atoms with E-state index >= 15 is 0 Å². The van der Waals surface area contributed by atoms with Gasteiger partial charge in [-0.15, -0.1) is 0 Å². The van der Waals surface area contributed by atoms with Crippen molar-refractivity contribution in [2.75, 3.05) is 31.2 Å². The average molecular weight is 412 g/mol. The molecule has 0 saturated carbocycles. The lowest BCUT2D eigenvalue weighted by molar-refractivity contribution is 0.101. The summed E-state index contributed by atoms with van der Waals surface area (Å²) in [7, 11) is 0. The number of carbonyl (C=O) groups excluding carboxylic acids is 1. The Kier molecular flexibility index (Phi) is 5.00. The van der Waals surface area contributed by atoms with Crippen LogP contribution in [-0.2, 0) is 4.74 Å². The van der Waals surface area contributed by atoms with Crippen molar-refractivity contribution >= 4 is 22.5 Å². The highest BCUT2D eigenvalue weighted by Gasteiger charge is 2.19. The molecule has 0 atom stereocenters. The molecule has 0 amide bonds. The van der Waals surface area contributed by atoms with Crippen LogP contribution in [-0.4, -0.2) is 46.9 Å². The number of aryl methyl sites for hydroxylation is 1. The summed E-state index contributed by atoms with van der Waals surface area (Å²) in [5.74, 6) is -0.0634. The second-order valence-corrected chi connectivity index (χ2v) is 7.79. The summed E-state index contributed by atoms with van der Waals surface area (Å²) >= 11 is 0. The van der Waals surface area contributed by atoms with Crippen LogP contribution < -0.4 is 4.90 Å². The molecule has 0 aliphatic carbocycles. The zero-order valence-corrected chi connectivity index (χ0v) is 17.7. The summed E-state index contributed by atoms with van der Waals surface area (Å²) in [5.41, 5.74) is 6.14. The molecule has 0 radical (unpaired) electrons. The summed E-state index contributed by atoms with van der Waals surface area (Å²) in [4.78, 5) is 19.3. The van der Waals surface area contributed by atoms with Crippen molar-refractivity contribution in [3.05, 3.63) is 72.1 Å². The van der Waals surface area contributed by atoms with Crippen molar-refractivity contribution in [2.24, 2.45) is 0 Å². The highest BCUT2D eigenvalue weighted by Crippen LogP contribution is 2.33. The molecular formula is C25H24N4O2. The van der Waals surface area contributed by atoms with Gasteiger partial charge in [-0.2, -0.15) is 5.10 Å². The molecule has 1 fully saturated rings. The Hall–Kier alpha value is -3.51. The third-order valence-electron chi connectivity index (χ3n) is 5.73. The van der Waals surface area contributed by atoms with Crippen molar-refractivity contribution in [3.63, 3.8) is 0 Å². The number of Topliss-reactive ketones (excluding diaryl/α,β-unsaturated/α-hetero) is 1. The number of benzene rings is 2. The van der Waals surface area contributed by atoms with Crippen LogP contribution in [0.5, 0.6) is 0 Å². The van der Waals surface area contributed by atoms with Crippen LogP contribution in [0, 0.1) is 6.92 Å². The SMILES string of the molecule is CC(=O)c1cc(-c2ccc(N3CCOCC3)cc2)c2c(C)nn(-c3ccccc3)c2n1. The predicted octanol–water partition coefficient (Wildman–Crippen LogP) is 4.44. The van der Waals surface area contributed by atoms with Gasteiger partial charge in [-0.1, -0.05) is 30.3 Å². The highest BCUT2D eigenvalue weighted by atomic mass is 16.5. The maximum atomic E-state index is 12.3. The molecule has 2 aromatic heterocycles. The number of rotatable bonds is 4. The Morgan fingerprint density at radius 1 is 0.968 bits per heavy atom. The minimum atomic E-state index is -0.0634. The van der Waals surface area contributed by atoms with Gasteiger partial charge in [0.05, 0.1) is 30.0 Å². The normalized spacial score (nSPS) is 14.2. The van der Waals surface area contributed by atoms with Gasteiger partial charge in [-0.3, -0.25) is 4.79 Å². The van der Waals surface area contributed by atoms with E-state index in [1.165, 1.54) is 5.69 Å². The van der Waals surface area contributed by atoms with Crippen molar-refractivity contribution in [3.8, 4) is 16.8 Å². The Balaban J connectivity index is 1.66. The highest BCUT2D eigenvalue weighted by molar-refractivity contribution is 6.01. The van der Waals surface area contributed by atoms with Crippen LogP contribution in [0.3, 0.4) is 0 Å². The number of aromatic nitrogens is 3. The fraction of sp³-hybridized carbons (Fsp3) is 0.240. The number of nitrogens with zero attached hydrogens (tertiary/aromatic N) is 4. The van der Waals surface area contributed by atoms with Crippen molar-refractivity contribution in [2.45, 2.75) is 13.8 Å². The molecule has 2 aromatic carbocycles. The van der Waals surface area contributed by atoms with Crippen LogP contribution in [0.25, 0.3) is 27.8 Å². The first kappa shape index (κ1) is 19.5. The lowest BCUT2D eigenvalue weighted by Gasteiger charge is -2.29. The van der Waals surface area contributed by atoms with Gasteiger partial charge in [0.2, 0.25) is 0 Å². The molecule has 5 rings (SSSR count). The standard InChI is InChI=1S/C25H24N4O2/c1-17-24-22(19-8-10-20(11-9-19)28-12-14-31-15-13-28)16-23(18(2)30)26-25(24)29(27-17)21-6-4-3-5-7-21/h3-11,16H,12-15H2,1-2H3. The minimum absolute atomic E-state index is 0.0634. The molecule has 0 N–H and O–H groups in total. The topological polar surface area (TPSA) is 60.3 Å². The lowest BCUT2D eigenvalue weighted by Crippen LogP contribution is -2.36. The smallest absolute Gasteiger partial charge is 0.178 e. The molecule has 6 heteroatoms. The van der Waals surface area contributed by atoms with E-state index in [9.17, 15) is 4.79 Å². The average Bonchev–Trinajstić information content (AvgIpc) is 3.16. The first-order chi connectivity index (χ1) is 15.1. The molecule has 1 aliphatic heterocycles. The number of hydrogen-bond donors (Lipinski definition) is 0. The summed E-state index contributed by atoms with van der Waals surface area (Å²) in [5, 5.41) is 5.72. The quantitative estimate of drug-likeness (QED) is 0.464. The lowest BCUT2D eigenvalue weighted by atomic mass is 10.00. The summed E-state index contributed by atoms with van der Waals surface area (Å²) in [6.45, 7) is 6.85. The number of hydrogen-bond acceptors (Lipinski definition) is 5. The number of ether oxygens (including phenoxy) is 1.